The summed E-state index contributed by atoms with van der Waals surface area (Å²) in [5.41, 5.74) is 3.44. The summed E-state index contributed by atoms with van der Waals surface area (Å²) < 4.78 is 25.2. The van der Waals surface area contributed by atoms with Gasteiger partial charge in [0.25, 0.3) is 0 Å². The lowest BCUT2D eigenvalue weighted by molar-refractivity contribution is 0.209. The van der Waals surface area contributed by atoms with Crippen LogP contribution < -0.4 is 14.8 Å². The maximum atomic E-state index is 13.7. The molecule has 1 saturated carbocycles. The number of nitrogens with one attached hydrogen (secondary N) is 2. The Bertz CT molecular complexity index is 999. The van der Waals surface area contributed by atoms with Crippen molar-refractivity contribution in [1.82, 2.24) is 10.3 Å². The van der Waals surface area contributed by atoms with Crippen LogP contribution in [0.2, 0.25) is 0 Å². The second-order valence-electron chi connectivity index (χ2n) is 8.30. The first-order valence-corrected chi connectivity index (χ1v) is 10.5. The Morgan fingerprint density at radius 2 is 1.93 bits per heavy atom. The molecule has 2 aliphatic rings. The molecule has 1 aliphatic heterocycles. The monoisotopic (exact) mass is 430 g/mol. The molecule has 4 nitrogen and oxygen atoms in total. The first-order valence-electron chi connectivity index (χ1n) is 10.5. The van der Waals surface area contributed by atoms with Crippen LogP contribution in [0.5, 0.6) is 11.5 Å². The highest BCUT2D eigenvalue weighted by Gasteiger charge is 2.28. The third kappa shape index (κ3) is 4.01. The van der Waals surface area contributed by atoms with Gasteiger partial charge in [-0.15, -0.1) is 12.4 Å². The molecule has 1 aliphatic carbocycles. The molecular formula is C24H28ClFN2O2. The standard InChI is InChI=1S/C24H27FN2O2.ClH/c1-28-23-3-2-4-24-20(23)12-18(14-29-24)27-17-8-5-15(6-9-17)21-13-26-22-10-7-16(25)11-19(21)22;/h2-4,7,10-11,13,15,17-18,26-27H,5-6,8-9,12,14H2,1H3;1H. The quantitative estimate of drug-likeness (QED) is 0.586. The Morgan fingerprint density at radius 3 is 2.73 bits per heavy atom. The molecule has 1 fully saturated rings. The molecule has 5 rings (SSSR count). The van der Waals surface area contributed by atoms with Crippen LogP contribution in [0, 0.1) is 5.82 Å². The van der Waals surface area contributed by atoms with E-state index in [1.54, 1.807) is 13.2 Å². The number of ether oxygens (including phenoxy) is 2. The molecule has 1 atom stereocenters. The van der Waals surface area contributed by atoms with Crippen LogP contribution in [0.1, 0.15) is 42.7 Å². The molecule has 1 aromatic heterocycles. The Morgan fingerprint density at radius 1 is 1.10 bits per heavy atom. The first-order chi connectivity index (χ1) is 14.2. The van der Waals surface area contributed by atoms with Crippen molar-refractivity contribution in [2.45, 2.75) is 50.1 Å². The van der Waals surface area contributed by atoms with Gasteiger partial charge in [-0.05, 0) is 73.9 Å². The first kappa shape index (κ1) is 21.0. The number of hydrogen-bond acceptors (Lipinski definition) is 3. The second-order valence-corrected chi connectivity index (χ2v) is 8.30. The highest BCUT2D eigenvalue weighted by Crippen LogP contribution is 2.38. The molecule has 2 aromatic carbocycles. The van der Waals surface area contributed by atoms with Gasteiger partial charge in [0, 0.05) is 34.7 Å². The summed E-state index contributed by atoms with van der Waals surface area (Å²) in [6.45, 7) is 0.696. The largest absolute Gasteiger partial charge is 0.496 e. The van der Waals surface area contributed by atoms with Crippen molar-refractivity contribution >= 4 is 23.3 Å². The van der Waals surface area contributed by atoms with Crippen LogP contribution in [0.4, 0.5) is 4.39 Å². The van der Waals surface area contributed by atoms with Crippen molar-refractivity contribution in [3.05, 3.63) is 59.5 Å². The van der Waals surface area contributed by atoms with Crippen molar-refractivity contribution in [2.75, 3.05) is 13.7 Å². The van der Waals surface area contributed by atoms with Gasteiger partial charge in [0.1, 0.15) is 23.9 Å². The van der Waals surface area contributed by atoms with Crippen LogP contribution in [-0.2, 0) is 6.42 Å². The van der Waals surface area contributed by atoms with Crippen molar-refractivity contribution in [1.29, 1.82) is 0 Å². The van der Waals surface area contributed by atoms with Gasteiger partial charge >= 0.3 is 0 Å². The van der Waals surface area contributed by atoms with Gasteiger partial charge in [0.2, 0.25) is 0 Å². The summed E-state index contributed by atoms with van der Waals surface area (Å²) in [5.74, 6) is 2.18. The normalized spacial score (nSPS) is 23.3. The van der Waals surface area contributed by atoms with Crippen LogP contribution in [0.15, 0.2) is 42.6 Å². The number of rotatable bonds is 4. The summed E-state index contributed by atoms with van der Waals surface area (Å²) in [4.78, 5) is 3.30. The van der Waals surface area contributed by atoms with E-state index in [1.165, 1.54) is 11.6 Å². The zero-order valence-electron chi connectivity index (χ0n) is 17.1. The number of methoxy groups -OCH3 is 1. The minimum absolute atomic E-state index is 0. The average molecular weight is 431 g/mol. The SMILES string of the molecule is COc1cccc2c1CC(NC1CCC(c3c[nH]c4ccc(F)cc34)CC1)CO2.Cl. The van der Waals surface area contributed by atoms with Gasteiger partial charge in [-0.25, -0.2) is 4.39 Å². The van der Waals surface area contributed by atoms with E-state index >= 15 is 0 Å². The highest BCUT2D eigenvalue weighted by atomic mass is 35.5. The molecule has 1 unspecified atom stereocenters. The molecule has 0 saturated heterocycles. The van der Waals surface area contributed by atoms with Crippen LogP contribution in [0.25, 0.3) is 10.9 Å². The van der Waals surface area contributed by atoms with E-state index in [0.717, 1.165) is 60.1 Å². The van der Waals surface area contributed by atoms with Crippen LogP contribution in [0.3, 0.4) is 0 Å². The van der Waals surface area contributed by atoms with Gasteiger partial charge in [-0.3, -0.25) is 0 Å². The zero-order valence-corrected chi connectivity index (χ0v) is 17.9. The molecule has 0 amide bonds. The highest BCUT2D eigenvalue weighted by molar-refractivity contribution is 5.85. The van der Waals surface area contributed by atoms with E-state index in [0.29, 0.717) is 24.6 Å². The fourth-order valence-corrected chi connectivity index (χ4v) is 5.03. The minimum atomic E-state index is -0.165. The fraction of sp³-hybridized carbons (Fsp3) is 0.417. The lowest BCUT2D eigenvalue weighted by Crippen LogP contribution is -2.46. The lowest BCUT2D eigenvalue weighted by Gasteiger charge is -2.34. The van der Waals surface area contributed by atoms with E-state index in [1.807, 2.05) is 24.3 Å². The number of H-pyrrole nitrogens is 1. The third-order valence-electron chi connectivity index (χ3n) is 6.51. The van der Waals surface area contributed by atoms with Crippen LogP contribution >= 0.6 is 12.4 Å². The number of aromatic nitrogens is 1. The van der Waals surface area contributed by atoms with Gasteiger partial charge in [-0.1, -0.05) is 6.07 Å². The number of fused-ring (bicyclic) bond motifs is 2. The topological polar surface area (TPSA) is 46.3 Å². The Kier molecular flexibility index (Phi) is 6.21. The van der Waals surface area contributed by atoms with Crippen molar-refractivity contribution in [3.8, 4) is 11.5 Å². The van der Waals surface area contributed by atoms with Gasteiger partial charge in [0.05, 0.1) is 7.11 Å². The molecule has 0 spiro atoms. The molecule has 6 heteroatoms. The number of halogens is 2. The Labute approximate surface area is 182 Å². The van der Waals surface area contributed by atoms with Gasteiger partial charge in [0.15, 0.2) is 0 Å². The summed E-state index contributed by atoms with van der Waals surface area (Å²) >= 11 is 0. The molecule has 30 heavy (non-hydrogen) atoms. The maximum Gasteiger partial charge on any atom is 0.126 e. The predicted octanol–water partition coefficient (Wildman–Crippen LogP) is 5.36. The number of hydrogen-bond donors (Lipinski definition) is 2. The molecule has 0 radical (unpaired) electrons. The van der Waals surface area contributed by atoms with Crippen molar-refractivity contribution < 1.29 is 13.9 Å². The van der Waals surface area contributed by atoms with Gasteiger partial charge in [-0.2, -0.15) is 0 Å². The van der Waals surface area contributed by atoms with Gasteiger partial charge < -0.3 is 19.8 Å². The molecule has 2 heterocycles. The Balaban J connectivity index is 0.00000218. The molecular weight excluding hydrogens is 403 g/mol. The van der Waals surface area contributed by atoms with E-state index < -0.39 is 0 Å². The second kappa shape index (κ2) is 8.86. The summed E-state index contributed by atoms with van der Waals surface area (Å²) in [5, 5.41) is 4.85. The maximum absolute atomic E-state index is 13.7. The lowest BCUT2D eigenvalue weighted by atomic mass is 9.81. The smallest absolute Gasteiger partial charge is 0.126 e. The molecule has 2 N–H and O–H groups in total. The van der Waals surface area contributed by atoms with Crippen molar-refractivity contribution in [3.63, 3.8) is 0 Å². The van der Waals surface area contributed by atoms with E-state index in [-0.39, 0.29) is 18.2 Å². The average Bonchev–Trinajstić information content (AvgIpc) is 3.17. The Hall–Kier alpha value is -2.24. The fourth-order valence-electron chi connectivity index (χ4n) is 5.03. The van der Waals surface area contributed by atoms with E-state index in [9.17, 15) is 4.39 Å². The summed E-state index contributed by atoms with van der Waals surface area (Å²) in [7, 11) is 1.71. The minimum Gasteiger partial charge on any atom is -0.496 e. The van der Waals surface area contributed by atoms with Crippen LogP contribution in [-0.4, -0.2) is 30.8 Å². The van der Waals surface area contributed by atoms with E-state index in [2.05, 4.69) is 16.5 Å². The molecule has 0 bridgehead atoms. The number of benzene rings is 2. The predicted molar refractivity (Wildman–Crippen MR) is 120 cm³/mol. The van der Waals surface area contributed by atoms with Crippen molar-refractivity contribution in [2.24, 2.45) is 0 Å². The summed E-state index contributed by atoms with van der Waals surface area (Å²) in [6, 6.07) is 11.8. The molecule has 3 aromatic rings. The van der Waals surface area contributed by atoms with E-state index in [4.69, 9.17) is 9.47 Å². The third-order valence-corrected chi connectivity index (χ3v) is 6.51. The zero-order chi connectivity index (χ0) is 19.8. The number of aromatic amines is 1. The summed E-state index contributed by atoms with van der Waals surface area (Å²) in [6.07, 6.45) is 7.49. The molecule has 160 valence electrons.